The minimum atomic E-state index is -3.71. The fourth-order valence-electron chi connectivity index (χ4n) is 1.95. The van der Waals surface area contributed by atoms with Gasteiger partial charge in [-0.25, -0.2) is 17.9 Å². The summed E-state index contributed by atoms with van der Waals surface area (Å²) in [5.41, 5.74) is 1.07. The number of rotatable bonds is 5. The fourth-order valence-corrected chi connectivity index (χ4v) is 2.93. The minimum absolute atomic E-state index is 0.0369. The lowest BCUT2D eigenvalue weighted by Crippen LogP contribution is -2.25. The highest BCUT2D eigenvalue weighted by Crippen LogP contribution is 2.15. The molecule has 3 N–H and O–H groups in total. The lowest BCUT2D eigenvalue weighted by molar-refractivity contribution is 0.0953. The summed E-state index contributed by atoms with van der Waals surface area (Å²) in [6.45, 7) is 0.335. The van der Waals surface area contributed by atoms with E-state index in [2.05, 4.69) is 21.2 Å². The number of sulfonamides is 1. The summed E-state index contributed by atoms with van der Waals surface area (Å²) in [6.07, 6.45) is 0.507. The molecule has 5 nitrogen and oxygen atoms in total. The van der Waals surface area contributed by atoms with Gasteiger partial charge in [0.25, 0.3) is 5.91 Å². The Balaban J connectivity index is 1.93. The molecular weight excluding hydrogens is 387 g/mol. The first-order chi connectivity index (χ1) is 10.8. The number of carbonyl (C=O) groups is 1. The van der Waals surface area contributed by atoms with Crippen LogP contribution in [0.15, 0.2) is 51.8 Å². The first-order valence-electron chi connectivity index (χ1n) is 6.62. The highest BCUT2D eigenvalue weighted by molar-refractivity contribution is 9.10. The van der Waals surface area contributed by atoms with E-state index in [9.17, 15) is 17.6 Å². The van der Waals surface area contributed by atoms with Crippen LogP contribution < -0.4 is 10.5 Å². The molecule has 2 rings (SSSR count). The van der Waals surface area contributed by atoms with Gasteiger partial charge in [-0.3, -0.25) is 4.79 Å². The van der Waals surface area contributed by atoms with E-state index in [4.69, 9.17) is 5.14 Å². The maximum atomic E-state index is 13.2. The van der Waals surface area contributed by atoms with Gasteiger partial charge in [0.15, 0.2) is 0 Å². The third kappa shape index (κ3) is 5.12. The Morgan fingerprint density at radius 1 is 1.17 bits per heavy atom. The molecule has 0 fully saturated rings. The van der Waals surface area contributed by atoms with Crippen LogP contribution in [-0.4, -0.2) is 20.9 Å². The van der Waals surface area contributed by atoms with E-state index in [1.165, 1.54) is 24.3 Å². The molecule has 0 unspecified atom stereocenters. The highest BCUT2D eigenvalue weighted by atomic mass is 79.9. The number of nitrogens with two attached hydrogens (primary N) is 1. The monoisotopic (exact) mass is 400 g/mol. The van der Waals surface area contributed by atoms with Crippen molar-refractivity contribution in [1.82, 2.24) is 5.32 Å². The summed E-state index contributed by atoms with van der Waals surface area (Å²) in [7, 11) is -3.71. The summed E-state index contributed by atoms with van der Waals surface area (Å²) >= 11 is 3.13. The van der Waals surface area contributed by atoms with E-state index < -0.39 is 15.8 Å². The molecule has 2 aromatic carbocycles. The van der Waals surface area contributed by atoms with Crippen LogP contribution in [0.2, 0.25) is 0 Å². The lowest BCUT2D eigenvalue weighted by Gasteiger charge is -2.07. The van der Waals surface area contributed by atoms with Gasteiger partial charge in [0.2, 0.25) is 10.0 Å². The van der Waals surface area contributed by atoms with Crippen LogP contribution in [0, 0.1) is 5.82 Å². The summed E-state index contributed by atoms with van der Waals surface area (Å²) in [5, 5.41) is 7.69. The lowest BCUT2D eigenvalue weighted by atomic mass is 10.1. The van der Waals surface area contributed by atoms with Gasteiger partial charge in [-0.1, -0.05) is 28.1 Å². The standard InChI is InChI=1S/C15H14BrFN2O3S/c16-12-7-11(8-13(17)9-12)15(20)19-6-5-10-1-3-14(4-2-10)23(18,21)22/h1-4,7-9H,5-6H2,(H,19,20)(H2,18,21,22). The normalized spacial score (nSPS) is 11.3. The van der Waals surface area contributed by atoms with Gasteiger partial charge in [-0.15, -0.1) is 0 Å². The summed E-state index contributed by atoms with van der Waals surface area (Å²) in [6, 6.07) is 10.0. The van der Waals surface area contributed by atoms with Crippen LogP contribution >= 0.6 is 15.9 Å². The smallest absolute Gasteiger partial charge is 0.251 e. The van der Waals surface area contributed by atoms with Crippen molar-refractivity contribution >= 4 is 31.9 Å². The number of benzene rings is 2. The molecule has 0 aliphatic heterocycles. The highest BCUT2D eigenvalue weighted by Gasteiger charge is 2.09. The number of carbonyl (C=O) groups excluding carboxylic acids is 1. The Labute approximate surface area is 141 Å². The van der Waals surface area contributed by atoms with Crippen molar-refractivity contribution in [2.75, 3.05) is 6.54 Å². The van der Waals surface area contributed by atoms with Crippen LogP contribution in [0.4, 0.5) is 4.39 Å². The molecule has 0 aromatic heterocycles. The predicted octanol–water partition coefficient (Wildman–Crippen LogP) is 2.21. The predicted molar refractivity (Wildman–Crippen MR) is 88.0 cm³/mol. The number of hydrogen-bond donors (Lipinski definition) is 2. The van der Waals surface area contributed by atoms with Crippen LogP contribution in [0.1, 0.15) is 15.9 Å². The zero-order chi connectivity index (χ0) is 17.0. The van der Waals surface area contributed by atoms with E-state index in [-0.39, 0.29) is 16.4 Å². The molecule has 23 heavy (non-hydrogen) atoms. The molecule has 0 spiro atoms. The molecule has 0 heterocycles. The van der Waals surface area contributed by atoms with Crippen LogP contribution in [0.3, 0.4) is 0 Å². The van der Waals surface area contributed by atoms with Gasteiger partial charge in [0.05, 0.1) is 4.90 Å². The summed E-state index contributed by atoms with van der Waals surface area (Å²) in [4.78, 5) is 12.0. The molecule has 0 bridgehead atoms. The van der Waals surface area contributed by atoms with Crippen LogP contribution in [0.5, 0.6) is 0 Å². The van der Waals surface area contributed by atoms with Crippen molar-refractivity contribution in [3.8, 4) is 0 Å². The number of hydrogen-bond acceptors (Lipinski definition) is 3. The SMILES string of the molecule is NS(=O)(=O)c1ccc(CCNC(=O)c2cc(F)cc(Br)c2)cc1. The van der Waals surface area contributed by atoms with Crippen LogP contribution in [0.25, 0.3) is 0 Å². The van der Waals surface area contributed by atoms with E-state index in [1.807, 2.05) is 0 Å². The Bertz CT molecular complexity index is 803. The molecular formula is C15H14BrFN2O3S. The fraction of sp³-hybridized carbons (Fsp3) is 0.133. The van der Waals surface area contributed by atoms with E-state index in [0.29, 0.717) is 17.4 Å². The zero-order valence-corrected chi connectivity index (χ0v) is 14.3. The third-order valence-corrected chi connectivity index (χ3v) is 4.46. The summed E-state index contributed by atoms with van der Waals surface area (Å²) < 4.78 is 36.0. The topological polar surface area (TPSA) is 89.3 Å². The van der Waals surface area contributed by atoms with Crippen molar-refractivity contribution in [2.24, 2.45) is 5.14 Å². The molecule has 0 saturated heterocycles. The van der Waals surface area contributed by atoms with Gasteiger partial charge in [-0.05, 0) is 42.3 Å². The molecule has 0 atom stereocenters. The molecule has 0 aliphatic rings. The Morgan fingerprint density at radius 3 is 2.39 bits per heavy atom. The average Bonchev–Trinajstić information content (AvgIpc) is 2.45. The van der Waals surface area contributed by atoms with Crippen LogP contribution in [-0.2, 0) is 16.4 Å². The van der Waals surface area contributed by atoms with E-state index in [0.717, 1.165) is 11.6 Å². The second kappa shape index (κ2) is 7.20. The van der Waals surface area contributed by atoms with Gasteiger partial charge >= 0.3 is 0 Å². The van der Waals surface area contributed by atoms with Crippen molar-refractivity contribution < 1.29 is 17.6 Å². The van der Waals surface area contributed by atoms with Gasteiger partial charge < -0.3 is 5.32 Å². The van der Waals surface area contributed by atoms with Crippen molar-refractivity contribution in [1.29, 1.82) is 0 Å². The molecule has 1 amide bonds. The average molecular weight is 401 g/mol. The second-order valence-electron chi connectivity index (χ2n) is 4.85. The molecule has 0 saturated carbocycles. The van der Waals surface area contributed by atoms with Gasteiger partial charge in [0, 0.05) is 16.6 Å². The number of nitrogens with one attached hydrogen (secondary N) is 1. The van der Waals surface area contributed by atoms with Crippen molar-refractivity contribution in [3.05, 3.63) is 63.9 Å². The summed E-state index contributed by atoms with van der Waals surface area (Å²) in [5.74, 6) is -0.880. The Kier molecular flexibility index (Phi) is 5.51. The number of amides is 1. The minimum Gasteiger partial charge on any atom is -0.352 e. The zero-order valence-electron chi connectivity index (χ0n) is 11.9. The number of primary sulfonamides is 1. The molecule has 0 radical (unpaired) electrons. The first kappa shape index (κ1) is 17.6. The Morgan fingerprint density at radius 2 is 1.83 bits per heavy atom. The van der Waals surface area contributed by atoms with Crippen molar-refractivity contribution in [3.63, 3.8) is 0 Å². The molecule has 0 aliphatic carbocycles. The quantitative estimate of drug-likeness (QED) is 0.805. The third-order valence-electron chi connectivity index (χ3n) is 3.08. The maximum absolute atomic E-state index is 13.2. The van der Waals surface area contributed by atoms with E-state index >= 15 is 0 Å². The molecule has 8 heteroatoms. The first-order valence-corrected chi connectivity index (χ1v) is 8.96. The van der Waals surface area contributed by atoms with E-state index in [1.54, 1.807) is 12.1 Å². The largest absolute Gasteiger partial charge is 0.352 e. The second-order valence-corrected chi connectivity index (χ2v) is 7.33. The number of halogens is 2. The van der Waals surface area contributed by atoms with Gasteiger partial charge in [0.1, 0.15) is 5.82 Å². The maximum Gasteiger partial charge on any atom is 0.251 e. The van der Waals surface area contributed by atoms with Crippen molar-refractivity contribution in [2.45, 2.75) is 11.3 Å². The molecule has 2 aromatic rings. The molecule has 122 valence electrons. The van der Waals surface area contributed by atoms with Gasteiger partial charge in [-0.2, -0.15) is 0 Å². The Hall–Kier alpha value is -1.77.